The first-order valence-corrected chi connectivity index (χ1v) is 21.7. The Bertz CT molecular complexity index is 2160. The number of nitrogens with one attached hydrogen (secondary N) is 2. The molecule has 6 heterocycles. The summed E-state index contributed by atoms with van der Waals surface area (Å²) in [7, 11) is 2.17. The number of benzene rings is 1. The van der Waals surface area contributed by atoms with Crippen molar-refractivity contribution in [1.82, 2.24) is 35.2 Å². The number of amides is 2. The van der Waals surface area contributed by atoms with Gasteiger partial charge in [0.1, 0.15) is 17.7 Å². The predicted molar refractivity (Wildman–Crippen MR) is 229 cm³/mol. The number of pyridine rings is 1. The van der Waals surface area contributed by atoms with Crippen LogP contribution in [-0.2, 0) is 38.4 Å². The summed E-state index contributed by atoms with van der Waals surface area (Å²) in [5.41, 5.74) is 10.4. The van der Waals surface area contributed by atoms with Gasteiger partial charge >= 0.3 is 12.1 Å². The molecule has 6 bridgehead atoms. The number of likely N-dealkylation sites (N-methyl/N-ethyl adjacent to an activating group) is 1. The van der Waals surface area contributed by atoms with E-state index < -0.39 is 35.2 Å². The van der Waals surface area contributed by atoms with Gasteiger partial charge in [-0.3, -0.25) is 19.6 Å². The third-order valence-corrected chi connectivity index (χ3v) is 12.1. The van der Waals surface area contributed by atoms with Gasteiger partial charge in [-0.2, -0.15) is 0 Å². The van der Waals surface area contributed by atoms with E-state index in [1.54, 1.807) is 20.8 Å². The Labute approximate surface area is 346 Å². The molecule has 3 aliphatic heterocycles. The molecule has 0 saturated carbocycles. The van der Waals surface area contributed by atoms with Crippen molar-refractivity contribution in [2.24, 2.45) is 5.41 Å². The summed E-state index contributed by atoms with van der Waals surface area (Å²) in [5.74, 6) is -0.585. The lowest BCUT2D eigenvalue weighted by molar-refractivity contribution is -0.155. The maximum Gasteiger partial charge on any atom is 0.408 e. The predicted octanol–water partition coefficient (Wildman–Crippen LogP) is 6.78. The number of carbonyl (C=O) groups is 3. The fourth-order valence-electron chi connectivity index (χ4n) is 8.31. The second-order valence-electron chi connectivity index (χ2n) is 18.2. The molecule has 4 aromatic rings. The molecule has 2 N–H and O–H groups in total. The number of carbonyl (C=O) groups excluding carboxylic acids is 3. The lowest BCUT2D eigenvalue weighted by Crippen LogP contribution is -2.60. The molecule has 312 valence electrons. The second kappa shape index (κ2) is 16.6. The number of hydrogen-bond donors (Lipinski definition) is 2. The van der Waals surface area contributed by atoms with Gasteiger partial charge in [-0.1, -0.05) is 33.8 Å². The van der Waals surface area contributed by atoms with E-state index in [1.807, 2.05) is 11.6 Å². The number of anilines is 1. The Morgan fingerprint density at radius 2 is 1.88 bits per heavy atom. The molecular formula is C44H60N8O5S. The molecule has 0 aliphatic carbocycles. The Morgan fingerprint density at radius 1 is 1.12 bits per heavy atom. The van der Waals surface area contributed by atoms with Gasteiger partial charge in [-0.05, 0) is 83.7 Å². The average Bonchev–Trinajstić information content (AvgIpc) is 3.77. The van der Waals surface area contributed by atoms with Crippen LogP contribution in [-0.4, -0.2) is 106 Å². The van der Waals surface area contributed by atoms with Crippen LogP contribution in [0.25, 0.3) is 33.4 Å². The van der Waals surface area contributed by atoms with Crippen LogP contribution < -0.4 is 15.6 Å². The first kappa shape index (κ1) is 41.6. The first-order valence-electron chi connectivity index (χ1n) is 20.8. The number of piperazine rings is 1. The number of thiazole rings is 1. The minimum atomic E-state index is -0.977. The van der Waals surface area contributed by atoms with Crippen LogP contribution >= 0.6 is 11.3 Å². The van der Waals surface area contributed by atoms with Crippen molar-refractivity contribution >= 4 is 45.9 Å². The van der Waals surface area contributed by atoms with Crippen molar-refractivity contribution in [2.75, 3.05) is 51.3 Å². The minimum Gasteiger partial charge on any atom is -0.464 e. The SMILES string of the molecule is CCn1c(-c2cc(N3CCN(C)CC3)cnc2C(C)C)c2c3cc(ccc31)-c1csc(n1)C[C@H](NC(=O)OC(C)(C)C)C(=O)N1CCC[C@H](N1)C(=O)OCC(C)(C)C2. The summed E-state index contributed by atoms with van der Waals surface area (Å²) in [6, 6.07) is 7.20. The minimum absolute atomic E-state index is 0.155. The van der Waals surface area contributed by atoms with Crippen molar-refractivity contribution < 1.29 is 23.9 Å². The second-order valence-corrected chi connectivity index (χ2v) is 19.1. The summed E-state index contributed by atoms with van der Waals surface area (Å²) < 4.78 is 14.1. The van der Waals surface area contributed by atoms with E-state index in [1.165, 1.54) is 21.9 Å². The van der Waals surface area contributed by atoms with Crippen LogP contribution in [0.5, 0.6) is 0 Å². The van der Waals surface area contributed by atoms with Crippen LogP contribution in [0.2, 0.25) is 0 Å². The standard InChI is InChI=1S/C44H60N8O5S/c1-10-51-36-14-13-28-20-30(36)32(39(51)31-21-29(24-45-38(31)27(2)3)50-18-16-49(9)17-19-50)23-44(7,8)26-56-41(54)33-12-11-15-52(48-33)40(53)34(22-37-46-35(28)25-58-37)47-42(55)57-43(4,5)6/h13-14,20-21,24-25,27,33-34,48H,10-12,15-19,22-23,26H2,1-9H3,(H,47,55)/t33-,34-/m0/s1. The molecule has 0 spiro atoms. The highest BCUT2D eigenvalue weighted by Crippen LogP contribution is 2.43. The Kier molecular flexibility index (Phi) is 11.9. The van der Waals surface area contributed by atoms with Crippen LogP contribution in [0.1, 0.15) is 90.4 Å². The lowest BCUT2D eigenvalue weighted by atomic mass is 9.84. The average molecular weight is 813 g/mol. The topological polar surface area (TPSA) is 134 Å². The van der Waals surface area contributed by atoms with Gasteiger partial charge in [0, 0.05) is 78.5 Å². The molecular weight excluding hydrogens is 753 g/mol. The highest BCUT2D eigenvalue weighted by Gasteiger charge is 2.36. The van der Waals surface area contributed by atoms with Gasteiger partial charge in [-0.25, -0.2) is 15.2 Å². The number of hydrazine groups is 1. The quantitative estimate of drug-likeness (QED) is 0.208. The van der Waals surface area contributed by atoms with Gasteiger partial charge in [-0.15, -0.1) is 11.3 Å². The van der Waals surface area contributed by atoms with E-state index in [0.717, 1.165) is 77.5 Å². The fraction of sp³-hybridized carbons (Fsp3) is 0.568. The number of nitrogens with zero attached hydrogens (tertiary/aromatic N) is 6. The number of alkyl carbamates (subject to hydrolysis) is 1. The smallest absolute Gasteiger partial charge is 0.408 e. The van der Waals surface area contributed by atoms with E-state index in [0.29, 0.717) is 30.8 Å². The molecule has 14 heteroatoms. The van der Waals surface area contributed by atoms with Gasteiger partial charge in [0.25, 0.3) is 5.91 Å². The normalized spacial score (nSPS) is 20.9. The van der Waals surface area contributed by atoms with Gasteiger partial charge in [0.2, 0.25) is 0 Å². The number of ether oxygens (including phenoxy) is 2. The summed E-state index contributed by atoms with van der Waals surface area (Å²) in [6.45, 7) is 21.4. The van der Waals surface area contributed by atoms with Crippen LogP contribution in [0.4, 0.5) is 10.5 Å². The van der Waals surface area contributed by atoms with E-state index in [2.05, 4.69) is 91.0 Å². The van der Waals surface area contributed by atoms with E-state index in [4.69, 9.17) is 19.4 Å². The lowest BCUT2D eigenvalue weighted by Gasteiger charge is -2.35. The Morgan fingerprint density at radius 3 is 2.59 bits per heavy atom. The molecule has 1 aromatic carbocycles. The molecule has 13 nitrogen and oxygen atoms in total. The molecule has 3 aliphatic rings. The van der Waals surface area contributed by atoms with Crippen LogP contribution in [0.3, 0.4) is 0 Å². The summed E-state index contributed by atoms with van der Waals surface area (Å²) in [5, 5.41) is 8.08. The van der Waals surface area contributed by atoms with Crippen LogP contribution in [0.15, 0.2) is 35.8 Å². The zero-order valence-electron chi connectivity index (χ0n) is 35.6. The molecule has 0 radical (unpaired) electrons. The number of fused-ring (bicyclic) bond motifs is 6. The van der Waals surface area contributed by atoms with E-state index in [9.17, 15) is 14.4 Å². The van der Waals surface area contributed by atoms with E-state index in [-0.39, 0.29) is 24.9 Å². The molecule has 2 fully saturated rings. The van der Waals surface area contributed by atoms with Crippen molar-refractivity contribution in [3.8, 4) is 22.5 Å². The van der Waals surface area contributed by atoms with Gasteiger partial charge in [0.15, 0.2) is 0 Å². The molecule has 3 aromatic heterocycles. The molecule has 2 atom stereocenters. The maximum atomic E-state index is 14.1. The largest absolute Gasteiger partial charge is 0.464 e. The molecule has 7 rings (SSSR count). The number of aromatic nitrogens is 3. The number of hydrogen-bond acceptors (Lipinski definition) is 11. The van der Waals surface area contributed by atoms with Gasteiger partial charge in [0.05, 0.1) is 40.6 Å². The number of cyclic esters (lactones) is 1. The molecule has 2 amide bonds. The van der Waals surface area contributed by atoms with Gasteiger partial charge < -0.3 is 29.2 Å². The van der Waals surface area contributed by atoms with Crippen molar-refractivity contribution in [3.63, 3.8) is 0 Å². The number of rotatable bonds is 5. The summed E-state index contributed by atoms with van der Waals surface area (Å²) in [4.78, 5) is 55.9. The number of esters is 1. The highest BCUT2D eigenvalue weighted by atomic mass is 32.1. The third-order valence-electron chi connectivity index (χ3n) is 11.3. The molecule has 0 unspecified atom stereocenters. The van der Waals surface area contributed by atoms with Crippen LogP contribution in [0, 0.1) is 5.41 Å². The Hall–Kier alpha value is -4.53. The van der Waals surface area contributed by atoms with E-state index >= 15 is 0 Å². The summed E-state index contributed by atoms with van der Waals surface area (Å²) >= 11 is 1.45. The fourth-order valence-corrected chi connectivity index (χ4v) is 9.16. The van der Waals surface area contributed by atoms with Crippen molar-refractivity contribution in [1.29, 1.82) is 0 Å². The zero-order valence-corrected chi connectivity index (χ0v) is 36.4. The Balaban J connectivity index is 1.36. The summed E-state index contributed by atoms with van der Waals surface area (Å²) in [6.07, 6.45) is 3.27. The monoisotopic (exact) mass is 812 g/mol. The highest BCUT2D eigenvalue weighted by molar-refractivity contribution is 7.10. The molecule has 58 heavy (non-hydrogen) atoms. The first-order chi connectivity index (χ1) is 27.5. The molecule has 2 saturated heterocycles. The third kappa shape index (κ3) is 9.03. The zero-order chi connectivity index (χ0) is 41.5. The van der Waals surface area contributed by atoms with Crippen molar-refractivity contribution in [3.05, 3.63) is 52.1 Å². The van der Waals surface area contributed by atoms with Crippen molar-refractivity contribution in [2.45, 2.75) is 111 Å². The maximum absolute atomic E-state index is 14.1. The number of aryl methyl sites for hydroxylation is 1.